The van der Waals surface area contributed by atoms with E-state index in [1.807, 2.05) is 79.7 Å². The third-order valence-electron chi connectivity index (χ3n) is 7.10. The van der Waals surface area contributed by atoms with Gasteiger partial charge in [-0.1, -0.05) is 42.5 Å². The van der Waals surface area contributed by atoms with Crippen LogP contribution in [0.1, 0.15) is 27.0 Å². The molecule has 1 aliphatic rings. The smallest absolute Gasteiger partial charge is 0.255 e. The average molecular weight is 522 g/mol. The van der Waals surface area contributed by atoms with Crippen LogP contribution in [-0.4, -0.2) is 58.9 Å². The summed E-state index contributed by atoms with van der Waals surface area (Å²) in [6.45, 7) is 7.74. The molecule has 39 heavy (non-hydrogen) atoms. The highest BCUT2D eigenvalue weighted by atomic mass is 16.1. The van der Waals surface area contributed by atoms with Gasteiger partial charge in [-0.05, 0) is 61.0 Å². The molecule has 1 fully saturated rings. The van der Waals surface area contributed by atoms with E-state index in [-0.39, 0.29) is 5.91 Å². The number of piperazine rings is 1. The summed E-state index contributed by atoms with van der Waals surface area (Å²) in [5.74, 6) is 0.341. The molecule has 1 aliphatic heterocycles. The van der Waals surface area contributed by atoms with Crippen molar-refractivity contribution in [1.82, 2.24) is 19.8 Å². The summed E-state index contributed by atoms with van der Waals surface area (Å²) in [5, 5.41) is 6.33. The van der Waals surface area contributed by atoms with Gasteiger partial charge in [-0.3, -0.25) is 9.69 Å². The second-order valence-corrected chi connectivity index (χ2v) is 10.1. The number of carbonyl (C=O) groups is 1. The van der Waals surface area contributed by atoms with E-state index in [9.17, 15) is 4.79 Å². The third kappa shape index (κ3) is 6.86. The lowest BCUT2D eigenvalue weighted by Gasteiger charge is -2.32. The molecule has 8 nitrogen and oxygen atoms in total. The molecule has 4 aromatic rings. The van der Waals surface area contributed by atoms with Crippen LogP contribution in [-0.2, 0) is 13.1 Å². The van der Waals surface area contributed by atoms with Crippen molar-refractivity contribution in [3.05, 3.63) is 101 Å². The van der Waals surface area contributed by atoms with Gasteiger partial charge in [0.1, 0.15) is 0 Å². The molecule has 0 aliphatic carbocycles. The highest BCUT2D eigenvalue weighted by Gasteiger charge is 2.14. The molecule has 0 unspecified atom stereocenters. The van der Waals surface area contributed by atoms with Crippen molar-refractivity contribution >= 4 is 23.2 Å². The first-order valence-electron chi connectivity index (χ1n) is 13.3. The maximum absolute atomic E-state index is 13.0. The lowest BCUT2D eigenvalue weighted by atomic mass is 10.1. The van der Waals surface area contributed by atoms with Crippen molar-refractivity contribution in [2.45, 2.75) is 20.0 Å². The van der Waals surface area contributed by atoms with Crippen LogP contribution in [0.25, 0.3) is 11.3 Å². The summed E-state index contributed by atoms with van der Waals surface area (Å²) in [6.07, 6.45) is 1.73. The highest BCUT2D eigenvalue weighted by Crippen LogP contribution is 2.25. The lowest BCUT2D eigenvalue weighted by molar-refractivity contribution is 0.102. The van der Waals surface area contributed by atoms with Crippen LogP contribution in [0, 0.1) is 6.92 Å². The number of hydrogen-bond acceptors (Lipinski definition) is 7. The fraction of sp³-hybridized carbons (Fsp3) is 0.258. The van der Waals surface area contributed by atoms with Crippen LogP contribution in [0.5, 0.6) is 0 Å². The van der Waals surface area contributed by atoms with Gasteiger partial charge < -0.3 is 21.3 Å². The zero-order valence-electron chi connectivity index (χ0n) is 22.5. The molecule has 0 bridgehead atoms. The molecular formula is C31H35N7O. The summed E-state index contributed by atoms with van der Waals surface area (Å²) >= 11 is 0. The van der Waals surface area contributed by atoms with Gasteiger partial charge in [-0.25, -0.2) is 9.97 Å². The van der Waals surface area contributed by atoms with E-state index in [1.54, 1.807) is 6.20 Å². The molecule has 0 atom stereocenters. The van der Waals surface area contributed by atoms with Crippen molar-refractivity contribution in [1.29, 1.82) is 0 Å². The molecule has 3 aromatic carbocycles. The molecule has 2 heterocycles. The Morgan fingerprint density at radius 3 is 2.36 bits per heavy atom. The standard InChI is InChI=1S/C31H35N7O/c1-22-3-12-27(34-30(39)26-10-6-24(7-11-26)21-38-17-15-37(2)16-18-38)19-29(22)36-31-33-14-13-28(35-31)25-8-4-23(20-32)5-9-25/h3-14,19H,15-18,20-21,32H2,1-2H3,(H,34,39)(H,33,35,36). The Morgan fingerprint density at radius 1 is 0.923 bits per heavy atom. The first-order chi connectivity index (χ1) is 19.0. The second-order valence-electron chi connectivity index (χ2n) is 10.1. The van der Waals surface area contributed by atoms with Crippen molar-refractivity contribution in [2.24, 2.45) is 5.73 Å². The fourth-order valence-electron chi connectivity index (χ4n) is 4.58. The number of aryl methyl sites for hydroxylation is 1. The summed E-state index contributed by atoms with van der Waals surface area (Å²) in [4.78, 5) is 26.8. The lowest BCUT2D eigenvalue weighted by Crippen LogP contribution is -2.43. The van der Waals surface area contributed by atoms with Crippen molar-refractivity contribution in [3.63, 3.8) is 0 Å². The Kier molecular flexibility index (Phi) is 8.27. The number of amides is 1. The molecule has 200 valence electrons. The van der Waals surface area contributed by atoms with Gasteiger partial charge in [-0.15, -0.1) is 0 Å². The predicted octanol–water partition coefficient (Wildman–Crippen LogP) is 4.65. The normalized spacial score (nSPS) is 14.2. The topological polar surface area (TPSA) is 99.4 Å². The third-order valence-corrected chi connectivity index (χ3v) is 7.10. The number of hydrogen-bond donors (Lipinski definition) is 3. The highest BCUT2D eigenvalue weighted by molar-refractivity contribution is 6.04. The molecule has 5 rings (SSSR count). The van der Waals surface area contributed by atoms with Gasteiger partial charge in [0.05, 0.1) is 5.69 Å². The monoisotopic (exact) mass is 521 g/mol. The molecule has 1 aromatic heterocycles. The summed E-state index contributed by atoms with van der Waals surface area (Å²) < 4.78 is 0. The van der Waals surface area contributed by atoms with E-state index >= 15 is 0 Å². The second kappa shape index (κ2) is 12.2. The molecule has 4 N–H and O–H groups in total. The number of nitrogens with two attached hydrogens (primary N) is 1. The zero-order chi connectivity index (χ0) is 27.2. The molecule has 1 amide bonds. The first kappa shape index (κ1) is 26.5. The van der Waals surface area contributed by atoms with E-state index in [0.29, 0.717) is 23.7 Å². The quantitative estimate of drug-likeness (QED) is 0.310. The number of nitrogens with one attached hydrogen (secondary N) is 2. The Morgan fingerprint density at radius 2 is 1.64 bits per heavy atom. The molecule has 8 heteroatoms. The number of rotatable bonds is 8. The first-order valence-corrected chi connectivity index (χ1v) is 13.3. The van der Waals surface area contributed by atoms with E-state index in [0.717, 1.165) is 60.8 Å². The maximum atomic E-state index is 13.0. The minimum absolute atomic E-state index is 0.143. The van der Waals surface area contributed by atoms with Gasteiger partial charge in [0.25, 0.3) is 5.91 Å². The summed E-state index contributed by atoms with van der Waals surface area (Å²) in [6, 6.07) is 23.5. The number of benzene rings is 3. The van der Waals surface area contributed by atoms with Gasteiger partial charge in [-0.2, -0.15) is 0 Å². The maximum Gasteiger partial charge on any atom is 0.255 e. The fourth-order valence-corrected chi connectivity index (χ4v) is 4.58. The van der Waals surface area contributed by atoms with Gasteiger partial charge in [0, 0.05) is 68.0 Å². The Bertz CT molecular complexity index is 1410. The molecule has 0 radical (unpaired) electrons. The minimum Gasteiger partial charge on any atom is -0.326 e. The van der Waals surface area contributed by atoms with Crippen molar-refractivity contribution in [2.75, 3.05) is 43.9 Å². The van der Waals surface area contributed by atoms with Gasteiger partial charge in [0.2, 0.25) is 5.95 Å². The number of likely N-dealkylation sites (N-methyl/N-ethyl adjacent to an activating group) is 1. The largest absolute Gasteiger partial charge is 0.326 e. The Hall–Kier alpha value is -4.11. The van der Waals surface area contributed by atoms with Crippen LogP contribution < -0.4 is 16.4 Å². The number of aromatic nitrogens is 2. The van der Waals surface area contributed by atoms with Crippen molar-refractivity contribution in [3.8, 4) is 11.3 Å². The molecular weight excluding hydrogens is 486 g/mol. The van der Waals surface area contributed by atoms with E-state index in [1.165, 1.54) is 5.56 Å². The van der Waals surface area contributed by atoms with Gasteiger partial charge in [0.15, 0.2) is 0 Å². The van der Waals surface area contributed by atoms with Crippen LogP contribution in [0.3, 0.4) is 0 Å². The molecule has 1 saturated heterocycles. The number of anilines is 3. The summed E-state index contributed by atoms with van der Waals surface area (Å²) in [5.41, 5.74) is 13.0. The summed E-state index contributed by atoms with van der Waals surface area (Å²) in [7, 11) is 2.16. The minimum atomic E-state index is -0.143. The van der Waals surface area contributed by atoms with E-state index < -0.39 is 0 Å². The predicted molar refractivity (Wildman–Crippen MR) is 157 cm³/mol. The van der Waals surface area contributed by atoms with Gasteiger partial charge >= 0.3 is 0 Å². The van der Waals surface area contributed by atoms with Crippen molar-refractivity contribution < 1.29 is 4.79 Å². The van der Waals surface area contributed by atoms with Crippen LogP contribution in [0.2, 0.25) is 0 Å². The van der Waals surface area contributed by atoms with E-state index in [4.69, 9.17) is 5.73 Å². The SMILES string of the molecule is Cc1ccc(NC(=O)c2ccc(CN3CCN(C)CC3)cc2)cc1Nc1nccc(-c2ccc(CN)cc2)n1. The number of carbonyl (C=O) groups excluding carboxylic acids is 1. The average Bonchev–Trinajstić information content (AvgIpc) is 2.96. The van der Waals surface area contributed by atoms with Crippen LogP contribution in [0.15, 0.2) is 79.0 Å². The van der Waals surface area contributed by atoms with Crippen LogP contribution >= 0.6 is 0 Å². The Balaban J connectivity index is 1.23. The zero-order valence-corrected chi connectivity index (χ0v) is 22.5. The molecule has 0 spiro atoms. The van der Waals surface area contributed by atoms with E-state index in [2.05, 4.69) is 37.4 Å². The molecule has 0 saturated carbocycles. The number of nitrogens with zero attached hydrogens (tertiary/aromatic N) is 4. The van der Waals surface area contributed by atoms with Crippen LogP contribution in [0.4, 0.5) is 17.3 Å². The Labute approximate surface area is 229 Å².